The molecule has 5 rings (SSSR count). The standard InChI is InChI=1S/C33H47BrN9O17P3S/c1-33(2,28(47)31(48)38-8-6-23(44)37-9-10-64-14-24(45)36-7-5-18-12-39-21-4-3-19(34)11-20(18)21)15-57-63(54,55)60-62(52,53)56-13-22-27(59-61(49,50)51)26(46)32(58-22)43-17-42-25-29(35)40-16-41-30(25)43/h3-4,11-12,16-17,20,22,26-28,32,46-47H,5-10,13-15H2,1-2H3,(H,36,45)(H,37,44)(H,38,48)(H,52,53)(H,54,55)(H2,35,40,41)(H2,49,50,51)/t20?,22-,26+,27-,28-,32+/m0/s1. The van der Waals surface area contributed by atoms with Crippen molar-refractivity contribution in [3.63, 3.8) is 0 Å². The molecule has 1 aliphatic carbocycles. The third kappa shape index (κ3) is 14.6. The quantitative estimate of drug-likeness (QED) is 0.0504. The Morgan fingerprint density at radius 2 is 1.73 bits per heavy atom. The minimum absolute atomic E-state index is 0.0283. The molecule has 64 heavy (non-hydrogen) atoms. The van der Waals surface area contributed by atoms with Gasteiger partial charge in [0, 0.05) is 53.8 Å². The number of aliphatic hydroxyl groups excluding tert-OH is 2. The number of ether oxygens (including phenoxy) is 1. The minimum Gasteiger partial charge on any atom is -0.386 e. The molecule has 1 saturated heterocycles. The van der Waals surface area contributed by atoms with Crippen LogP contribution in [-0.4, -0.2) is 142 Å². The Labute approximate surface area is 377 Å². The fourth-order valence-electron chi connectivity index (χ4n) is 6.21. The molecule has 2 aliphatic heterocycles. The highest BCUT2D eigenvalue weighted by atomic mass is 79.9. The summed E-state index contributed by atoms with van der Waals surface area (Å²) in [4.78, 5) is 92.7. The maximum absolute atomic E-state index is 12.7. The molecule has 31 heteroatoms. The molecule has 4 heterocycles. The van der Waals surface area contributed by atoms with E-state index in [4.69, 9.17) is 19.5 Å². The third-order valence-electron chi connectivity index (χ3n) is 9.45. The van der Waals surface area contributed by atoms with Crippen LogP contribution in [0.15, 0.2) is 52.1 Å². The van der Waals surface area contributed by atoms with Gasteiger partial charge in [0.05, 0.1) is 31.0 Å². The molecule has 2 aromatic heterocycles. The van der Waals surface area contributed by atoms with E-state index in [0.29, 0.717) is 18.7 Å². The Balaban J connectivity index is 0.977. The van der Waals surface area contributed by atoms with Gasteiger partial charge in [-0.25, -0.2) is 28.6 Å². The van der Waals surface area contributed by atoms with Gasteiger partial charge in [0.15, 0.2) is 17.7 Å². The molecule has 3 aliphatic rings. The SMILES string of the molecule is CC(C)(COP(=O)(O)OP(=O)(O)OC[C@@H]1O[C@@H](n2cnc3c(N)ncnc32)[C@H](O)[C@H]1OP(=O)(O)O)[C@@H](O)C(=O)NCCC(=O)NCCSCC(=O)NCCC1=CN=C2C=CC(Br)=CC12. The summed E-state index contributed by atoms with van der Waals surface area (Å²) in [5, 5.41) is 29.4. The molecule has 0 saturated carbocycles. The summed E-state index contributed by atoms with van der Waals surface area (Å²) in [7, 11) is -16.4. The number of amides is 3. The summed E-state index contributed by atoms with van der Waals surface area (Å²) < 4.78 is 63.3. The van der Waals surface area contributed by atoms with Crippen molar-refractivity contribution in [3.8, 4) is 0 Å². The van der Waals surface area contributed by atoms with Crippen molar-refractivity contribution in [1.29, 1.82) is 0 Å². The maximum atomic E-state index is 12.7. The second kappa shape index (κ2) is 22.0. The number of carbonyl (C=O) groups is 3. The Bertz CT molecular complexity index is 2330. The number of anilines is 1. The zero-order valence-corrected chi connectivity index (χ0v) is 39.0. The summed E-state index contributed by atoms with van der Waals surface area (Å²) in [6.45, 7) is 0.988. The van der Waals surface area contributed by atoms with Crippen molar-refractivity contribution in [2.24, 2.45) is 16.3 Å². The molecule has 0 spiro atoms. The number of aliphatic imine (C=N–C) groups is 1. The normalized spacial score (nSPS) is 23.3. The number of thioether (sulfide) groups is 1. The third-order valence-corrected chi connectivity index (χ3v) is 14.0. The highest BCUT2D eigenvalue weighted by Crippen LogP contribution is 2.61. The number of nitrogens with one attached hydrogen (secondary N) is 3. The molecule has 26 nitrogen and oxygen atoms in total. The number of aliphatic hydroxyl groups is 2. The van der Waals surface area contributed by atoms with E-state index in [2.05, 4.69) is 66.7 Å². The summed E-state index contributed by atoms with van der Waals surface area (Å²) in [5.41, 5.74) is 6.33. The predicted octanol–water partition coefficient (Wildman–Crippen LogP) is 0.448. The Hall–Kier alpha value is -3.27. The average Bonchev–Trinajstić information content (AvgIpc) is 3.90. The number of nitrogen functional groups attached to an aromatic ring is 1. The first-order valence-electron chi connectivity index (χ1n) is 19.0. The predicted molar refractivity (Wildman–Crippen MR) is 230 cm³/mol. The summed E-state index contributed by atoms with van der Waals surface area (Å²) >= 11 is 4.79. The van der Waals surface area contributed by atoms with Gasteiger partial charge in [-0.05, 0) is 24.1 Å². The van der Waals surface area contributed by atoms with Gasteiger partial charge in [0.2, 0.25) is 17.7 Å². The highest BCUT2D eigenvalue weighted by Gasteiger charge is 2.50. The lowest BCUT2D eigenvalue weighted by molar-refractivity contribution is -0.137. The maximum Gasteiger partial charge on any atom is 0.481 e. The van der Waals surface area contributed by atoms with Crippen LogP contribution in [0.3, 0.4) is 0 Å². The van der Waals surface area contributed by atoms with Crippen LogP contribution in [0.5, 0.6) is 0 Å². The number of halogens is 1. The number of rotatable bonds is 24. The van der Waals surface area contributed by atoms with Gasteiger partial charge >= 0.3 is 23.5 Å². The van der Waals surface area contributed by atoms with Crippen LogP contribution in [0.2, 0.25) is 0 Å². The first-order valence-corrected chi connectivity index (χ1v) is 25.5. The molecule has 3 unspecified atom stereocenters. The Kier molecular flexibility index (Phi) is 17.8. The van der Waals surface area contributed by atoms with Crippen LogP contribution in [-0.2, 0) is 50.7 Å². The minimum atomic E-state index is -5.58. The van der Waals surface area contributed by atoms with Crippen molar-refractivity contribution in [2.45, 2.75) is 57.3 Å². The number of hydrogen-bond acceptors (Lipinski definition) is 19. The number of nitrogens with two attached hydrogens (primary N) is 1. The first-order chi connectivity index (χ1) is 29.9. The molecule has 3 amide bonds. The molecule has 1 fully saturated rings. The van der Waals surface area contributed by atoms with Gasteiger partial charge in [0.1, 0.15) is 36.3 Å². The van der Waals surface area contributed by atoms with Crippen molar-refractivity contribution < 1.29 is 80.5 Å². The second-order valence-electron chi connectivity index (χ2n) is 14.8. The van der Waals surface area contributed by atoms with Crippen LogP contribution in [0.4, 0.5) is 5.82 Å². The smallest absolute Gasteiger partial charge is 0.386 e. The van der Waals surface area contributed by atoms with E-state index in [-0.39, 0.29) is 54.1 Å². The van der Waals surface area contributed by atoms with E-state index in [1.54, 1.807) is 0 Å². The molecular formula is C33H47BrN9O17P3S. The molecule has 354 valence electrons. The van der Waals surface area contributed by atoms with Crippen LogP contribution >= 0.6 is 51.2 Å². The largest absolute Gasteiger partial charge is 0.481 e. The lowest BCUT2D eigenvalue weighted by Crippen LogP contribution is -2.46. The summed E-state index contributed by atoms with van der Waals surface area (Å²) in [5.74, 6) is -0.861. The lowest BCUT2D eigenvalue weighted by Gasteiger charge is -2.30. The van der Waals surface area contributed by atoms with Gasteiger partial charge in [-0.15, -0.1) is 0 Å². The number of hydrogen-bond donors (Lipinski definition) is 10. The molecule has 0 radical (unpaired) electrons. The van der Waals surface area contributed by atoms with Crippen molar-refractivity contribution >= 4 is 91.6 Å². The number of fused-ring (bicyclic) bond motifs is 2. The Morgan fingerprint density at radius 1 is 1.02 bits per heavy atom. The second-order valence-corrected chi connectivity index (χ2v) is 21.1. The van der Waals surface area contributed by atoms with E-state index in [9.17, 15) is 57.9 Å². The number of nitrogens with zero attached hydrogens (tertiary/aromatic N) is 5. The van der Waals surface area contributed by atoms with Crippen LogP contribution < -0.4 is 21.7 Å². The summed E-state index contributed by atoms with van der Waals surface area (Å²) in [6.07, 6.45) is 1.48. The molecular weight excluding hydrogens is 999 g/mol. The van der Waals surface area contributed by atoms with E-state index in [1.807, 2.05) is 18.4 Å². The van der Waals surface area contributed by atoms with Crippen molar-refractivity contribution in [2.75, 3.05) is 50.1 Å². The number of phosphoric ester groups is 3. The number of imidazole rings is 1. The van der Waals surface area contributed by atoms with Gasteiger partial charge in [-0.1, -0.05) is 35.9 Å². The number of phosphoric acid groups is 3. The number of carbonyl (C=O) groups excluding carboxylic acids is 3. The van der Waals surface area contributed by atoms with Crippen LogP contribution in [0.25, 0.3) is 11.2 Å². The van der Waals surface area contributed by atoms with Gasteiger partial charge in [0.25, 0.3) is 0 Å². The monoisotopic (exact) mass is 1050 g/mol. The molecule has 0 bridgehead atoms. The molecule has 11 N–H and O–H groups in total. The van der Waals surface area contributed by atoms with E-state index in [0.717, 1.165) is 33.0 Å². The van der Waals surface area contributed by atoms with E-state index >= 15 is 0 Å². The fourth-order valence-corrected chi connectivity index (χ4v) is 10.1. The van der Waals surface area contributed by atoms with Crippen molar-refractivity contribution in [1.82, 2.24) is 35.5 Å². The molecule has 8 atom stereocenters. The summed E-state index contributed by atoms with van der Waals surface area (Å²) in [6, 6.07) is 0. The Morgan fingerprint density at radius 3 is 2.47 bits per heavy atom. The first kappa shape index (κ1) is 51.7. The average molecular weight is 1050 g/mol. The van der Waals surface area contributed by atoms with Gasteiger partial charge in [-0.2, -0.15) is 16.1 Å². The van der Waals surface area contributed by atoms with Gasteiger partial charge < -0.3 is 56.2 Å². The van der Waals surface area contributed by atoms with Crippen LogP contribution in [0.1, 0.15) is 32.9 Å². The topological polar surface area (TPSA) is 388 Å². The van der Waals surface area contributed by atoms with E-state index < -0.39 is 84.6 Å². The van der Waals surface area contributed by atoms with Crippen LogP contribution in [0, 0.1) is 11.3 Å². The highest BCUT2D eigenvalue weighted by molar-refractivity contribution is 9.11. The number of aromatic nitrogens is 4. The van der Waals surface area contributed by atoms with Crippen molar-refractivity contribution in [3.05, 3.63) is 47.1 Å². The van der Waals surface area contributed by atoms with E-state index in [1.165, 1.54) is 25.6 Å². The van der Waals surface area contributed by atoms with Gasteiger partial charge in [-0.3, -0.25) is 37.5 Å². The fraction of sp³-hybridized carbons (Fsp3) is 0.545. The molecule has 2 aromatic rings. The molecule has 0 aromatic carbocycles. The zero-order valence-electron chi connectivity index (χ0n) is 33.9. The lowest BCUT2D eigenvalue weighted by atomic mass is 9.87. The zero-order chi connectivity index (χ0) is 47.0. The number of allylic oxidation sites excluding steroid dienone is 4.